The molecule has 16 heavy (non-hydrogen) atoms. The van der Waals surface area contributed by atoms with E-state index in [2.05, 4.69) is 36.1 Å². The van der Waals surface area contributed by atoms with Crippen molar-refractivity contribution in [3.8, 4) is 0 Å². The Hall–Kier alpha value is -0.570. The van der Waals surface area contributed by atoms with Crippen LogP contribution in [0.25, 0.3) is 0 Å². The molecule has 0 saturated carbocycles. The second kappa shape index (κ2) is 5.67. The van der Waals surface area contributed by atoms with Gasteiger partial charge in [-0.25, -0.2) is 0 Å². The lowest BCUT2D eigenvalue weighted by Crippen LogP contribution is -2.46. The molecule has 2 rings (SSSR count). The van der Waals surface area contributed by atoms with Crippen LogP contribution in [0.15, 0.2) is 30.3 Å². The molecule has 0 aromatic heterocycles. The second-order valence-corrected chi connectivity index (χ2v) is 4.71. The Morgan fingerprint density at radius 2 is 2.06 bits per heavy atom. The summed E-state index contributed by atoms with van der Waals surface area (Å²) >= 11 is 5.86. The lowest BCUT2D eigenvalue weighted by Gasteiger charge is -2.36. The predicted octanol–water partition coefficient (Wildman–Crippen LogP) is 2.51. The summed E-state index contributed by atoms with van der Waals surface area (Å²) in [7, 11) is 0. The number of rotatable bonds is 3. The van der Waals surface area contributed by atoms with Crippen molar-refractivity contribution >= 4 is 11.6 Å². The van der Waals surface area contributed by atoms with Crippen molar-refractivity contribution in [2.75, 3.05) is 19.0 Å². The Bertz CT molecular complexity index is 317. The van der Waals surface area contributed by atoms with Gasteiger partial charge in [0.2, 0.25) is 0 Å². The highest BCUT2D eigenvalue weighted by Crippen LogP contribution is 2.15. The third kappa shape index (κ3) is 3.21. The largest absolute Gasteiger partial charge is 0.371 e. The van der Waals surface area contributed by atoms with E-state index in [4.69, 9.17) is 16.3 Å². The first-order valence-electron chi connectivity index (χ1n) is 5.75. The molecule has 2 nitrogen and oxygen atoms in total. The van der Waals surface area contributed by atoms with Crippen LogP contribution >= 0.6 is 11.6 Å². The molecule has 1 aromatic rings. The van der Waals surface area contributed by atoms with Crippen LogP contribution in [0.5, 0.6) is 0 Å². The van der Waals surface area contributed by atoms with Gasteiger partial charge in [-0.1, -0.05) is 30.3 Å². The Balaban J connectivity index is 1.94. The highest BCUT2D eigenvalue weighted by atomic mass is 35.5. The Kier molecular flexibility index (Phi) is 4.22. The van der Waals surface area contributed by atoms with E-state index in [1.807, 2.05) is 6.07 Å². The smallest absolute Gasteiger partial charge is 0.0841 e. The number of alkyl halides is 1. The minimum atomic E-state index is 0.175. The highest BCUT2D eigenvalue weighted by molar-refractivity contribution is 6.18. The summed E-state index contributed by atoms with van der Waals surface area (Å²) in [6.07, 6.45) is 0.454. The molecule has 0 radical (unpaired) electrons. The van der Waals surface area contributed by atoms with Crippen molar-refractivity contribution in [3.63, 3.8) is 0 Å². The summed E-state index contributed by atoms with van der Waals surface area (Å²) in [6.45, 7) is 5.02. The van der Waals surface area contributed by atoms with Crippen LogP contribution in [0.2, 0.25) is 0 Å². The zero-order valence-corrected chi connectivity index (χ0v) is 10.4. The van der Waals surface area contributed by atoms with Gasteiger partial charge in [-0.05, 0) is 12.5 Å². The number of nitrogens with zero attached hydrogens (tertiary/aromatic N) is 1. The topological polar surface area (TPSA) is 12.5 Å². The fraction of sp³-hybridized carbons (Fsp3) is 0.538. The summed E-state index contributed by atoms with van der Waals surface area (Å²) in [6, 6.07) is 10.5. The van der Waals surface area contributed by atoms with Gasteiger partial charge in [-0.3, -0.25) is 4.90 Å². The van der Waals surface area contributed by atoms with Crippen molar-refractivity contribution in [1.29, 1.82) is 0 Å². The molecule has 0 spiro atoms. The van der Waals surface area contributed by atoms with Gasteiger partial charge >= 0.3 is 0 Å². The molecule has 0 amide bonds. The van der Waals surface area contributed by atoms with Crippen molar-refractivity contribution in [1.82, 2.24) is 4.90 Å². The zero-order chi connectivity index (χ0) is 11.4. The van der Waals surface area contributed by atoms with Crippen LogP contribution in [0.4, 0.5) is 0 Å². The molecule has 1 aromatic carbocycles. The molecule has 1 heterocycles. The van der Waals surface area contributed by atoms with E-state index < -0.39 is 0 Å². The minimum Gasteiger partial charge on any atom is -0.371 e. The Labute approximate surface area is 102 Å². The van der Waals surface area contributed by atoms with Gasteiger partial charge in [-0.2, -0.15) is 0 Å². The number of hydrogen-bond acceptors (Lipinski definition) is 2. The molecule has 0 bridgehead atoms. The molecule has 0 N–H and O–H groups in total. The van der Waals surface area contributed by atoms with Crippen molar-refractivity contribution in [2.24, 2.45) is 0 Å². The van der Waals surface area contributed by atoms with E-state index in [0.717, 1.165) is 19.6 Å². The monoisotopic (exact) mass is 239 g/mol. The Morgan fingerprint density at radius 3 is 2.75 bits per heavy atom. The molecule has 88 valence electrons. The van der Waals surface area contributed by atoms with Gasteiger partial charge in [0.05, 0.1) is 12.2 Å². The summed E-state index contributed by atoms with van der Waals surface area (Å²) in [4.78, 5) is 2.41. The fourth-order valence-corrected chi connectivity index (χ4v) is 2.37. The third-order valence-electron chi connectivity index (χ3n) is 2.82. The molecular formula is C13H18ClNO. The molecule has 3 heteroatoms. The first-order chi connectivity index (χ1) is 7.78. The average Bonchev–Trinajstić information content (AvgIpc) is 2.29. The van der Waals surface area contributed by atoms with E-state index in [-0.39, 0.29) is 12.2 Å². The van der Waals surface area contributed by atoms with E-state index in [0.29, 0.717) is 5.88 Å². The van der Waals surface area contributed by atoms with Gasteiger partial charge < -0.3 is 4.74 Å². The molecule has 1 fully saturated rings. The van der Waals surface area contributed by atoms with Crippen molar-refractivity contribution in [3.05, 3.63) is 35.9 Å². The molecule has 1 aliphatic rings. The maximum atomic E-state index is 5.86. The SMILES string of the molecule is CC1CN(Cc2ccccc2)CC(CCl)O1. The average molecular weight is 240 g/mol. The van der Waals surface area contributed by atoms with Gasteiger partial charge in [0.15, 0.2) is 0 Å². The van der Waals surface area contributed by atoms with Gasteiger partial charge in [0.1, 0.15) is 0 Å². The van der Waals surface area contributed by atoms with E-state index in [1.54, 1.807) is 0 Å². The first-order valence-corrected chi connectivity index (χ1v) is 6.29. The van der Waals surface area contributed by atoms with Crippen LogP contribution in [-0.2, 0) is 11.3 Å². The standard InChI is InChI=1S/C13H18ClNO/c1-11-8-15(10-13(7-14)16-11)9-12-5-3-2-4-6-12/h2-6,11,13H,7-10H2,1H3. The Morgan fingerprint density at radius 1 is 1.31 bits per heavy atom. The van der Waals surface area contributed by atoms with Crippen molar-refractivity contribution in [2.45, 2.75) is 25.7 Å². The molecule has 0 aliphatic carbocycles. The number of hydrogen-bond donors (Lipinski definition) is 0. The molecule has 1 saturated heterocycles. The lowest BCUT2D eigenvalue weighted by molar-refractivity contribution is -0.0688. The van der Waals surface area contributed by atoms with Crippen molar-refractivity contribution < 1.29 is 4.74 Å². The van der Waals surface area contributed by atoms with E-state index >= 15 is 0 Å². The van der Waals surface area contributed by atoms with E-state index in [1.165, 1.54) is 5.56 Å². The molecule has 1 aliphatic heterocycles. The third-order valence-corrected chi connectivity index (χ3v) is 3.17. The van der Waals surface area contributed by atoms with Crippen LogP contribution in [0.1, 0.15) is 12.5 Å². The maximum absolute atomic E-state index is 5.86. The summed E-state index contributed by atoms with van der Waals surface area (Å²) in [5, 5.41) is 0. The van der Waals surface area contributed by atoms with Crippen LogP contribution in [0.3, 0.4) is 0 Å². The van der Waals surface area contributed by atoms with Gasteiger partial charge in [0, 0.05) is 25.5 Å². The number of ether oxygens (including phenoxy) is 1. The van der Waals surface area contributed by atoms with Crippen LogP contribution < -0.4 is 0 Å². The van der Waals surface area contributed by atoms with Gasteiger partial charge in [0.25, 0.3) is 0 Å². The number of halogens is 1. The van der Waals surface area contributed by atoms with Crippen LogP contribution in [0, 0.1) is 0 Å². The maximum Gasteiger partial charge on any atom is 0.0841 e. The van der Waals surface area contributed by atoms with Gasteiger partial charge in [-0.15, -0.1) is 11.6 Å². The lowest BCUT2D eigenvalue weighted by atomic mass is 10.1. The fourth-order valence-electron chi connectivity index (χ4n) is 2.20. The normalized spacial score (nSPS) is 26.9. The first kappa shape index (κ1) is 11.9. The highest BCUT2D eigenvalue weighted by Gasteiger charge is 2.24. The summed E-state index contributed by atoms with van der Waals surface area (Å²) < 4.78 is 5.73. The number of benzene rings is 1. The second-order valence-electron chi connectivity index (χ2n) is 4.40. The molecule has 2 atom stereocenters. The predicted molar refractivity (Wildman–Crippen MR) is 66.8 cm³/mol. The summed E-state index contributed by atoms with van der Waals surface area (Å²) in [5.74, 6) is 0.579. The summed E-state index contributed by atoms with van der Waals surface area (Å²) in [5.41, 5.74) is 1.35. The van der Waals surface area contributed by atoms with E-state index in [9.17, 15) is 0 Å². The number of morpholine rings is 1. The molecular weight excluding hydrogens is 222 g/mol. The quantitative estimate of drug-likeness (QED) is 0.752. The zero-order valence-electron chi connectivity index (χ0n) is 9.60. The molecule has 2 unspecified atom stereocenters. The van der Waals surface area contributed by atoms with Crippen LogP contribution in [-0.4, -0.2) is 36.1 Å². The minimum absolute atomic E-state index is 0.175.